The topological polar surface area (TPSA) is 116 Å². The fourth-order valence-corrected chi connectivity index (χ4v) is 4.69. The van der Waals surface area contributed by atoms with Crippen molar-refractivity contribution in [3.63, 3.8) is 0 Å². The van der Waals surface area contributed by atoms with Gasteiger partial charge in [0.2, 0.25) is 5.89 Å². The number of hydrogen-bond acceptors (Lipinski definition) is 7. The lowest BCUT2D eigenvalue weighted by molar-refractivity contribution is -0.140. The highest BCUT2D eigenvalue weighted by atomic mass is 19.4. The molecule has 1 amide bonds. The van der Waals surface area contributed by atoms with Crippen molar-refractivity contribution < 1.29 is 27.1 Å². The Morgan fingerprint density at radius 3 is 2.64 bits per heavy atom. The lowest BCUT2D eigenvalue weighted by atomic mass is 9.71. The Labute approximate surface area is 241 Å². The minimum Gasteiger partial charge on any atom is -0.494 e. The normalized spacial score (nSPS) is 17.8. The standard InChI is InChI=1S/C31H32F3N5O3/c1-6-8-13-36-18(4)17(3)20-14-19(15-20)16-37-29(40)27-28(23(35)7-2)42-30(39-27)22-9-11-24(41-5)26-21(22)10-12-25(38-26)31(32,33)34/h6-13,19-20,23H,2-4,14-16,35H2,1,5H3,(H,37,40)/b8-6-,36-13?/t19?,20?,23-/m0/s1. The van der Waals surface area contributed by atoms with E-state index in [0.717, 1.165) is 24.5 Å². The molecule has 0 aliphatic heterocycles. The summed E-state index contributed by atoms with van der Waals surface area (Å²) in [5.41, 5.74) is 6.84. The first kappa shape index (κ1) is 30.4. The van der Waals surface area contributed by atoms with Crippen LogP contribution in [0.15, 0.2) is 82.9 Å². The van der Waals surface area contributed by atoms with Crippen LogP contribution >= 0.6 is 0 Å². The number of aliphatic imine (C=N–C) groups is 1. The molecule has 1 atom stereocenters. The first-order valence-corrected chi connectivity index (χ1v) is 13.2. The lowest BCUT2D eigenvalue weighted by Crippen LogP contribution is -2.37. The largest absolute Gasteiger partial charge is 0.494 e. The third-order valence-electron chi connectivity index (χ3n) is 7.15. The molecule has 8 nitrogen and oxygen atoms in total. The Balaban J connectivity index is 1.54. The van der Waals surface area contributed by atoms with E-state index in [0.29, 0.717) is 23.2 Å². The Bertz CT molecular complexity index is 1580. The molecule has 1 aliphatic rings. The van der Waals surface area contributed by atoms with Crippen LogP contribution in [0.1, 0.15) is 47.7 Å². The van der Waals surface area contributed by atoms with E-state index in [1.807, 2.05) is 19.1 Å². The summed E-state index contributed by atoms with van der Waals surface area (Å²) in [4.78, 5) is 25.7. The Morgan fingerprint density at radius 1 is 1.26 bits per heavy atom. The van der Waals surface area contributed by atoms with Crippen LogP contribution in [0, 0.1) is 11.8 Å². The zero-order valence-corrected chi connectivity index (χ0v) is 23.4. The van der Waals surface area contributed by atoms with Gasteiger partial charge in [0, 0.05) is 23.7 Å². The van der Waals surface area contributed by atoms with E-state index in [-0.39, 0.29) is 40.4 Å². The number of alkyl halides is 3. The van der Waals surface area contributed by atoms with E-state index in [1.54, 1.807) is 12.3 Å². The number of rotatable bonds is 11. The second-order valence-electron chi connectivity index (χ2n) is 9.92. The van der Waals surface area contributed by atoms with E-state index < -0.39 is 23.8 Å². The summed E-state index contributed by atoms with van der Waals surface area (Å²) in [7, 11) is 1.33. The van der Waals surface area contributed by atoms with Crippen molar-refractivity contribution in [2.24, 2.45) is 22.6 Å². The summed E-state index contributed by atoms with van der Waals surface area (Å²) in [5.74, 6) is 0.193. The van der Waals surface area contributed by atoms with Crippen molar-refractivity contribution in [3.05, 3.63) is 90.6 Å². The van der Waals surface area contributed by atoms with Gasteiger partial charge in [0.1, 0.15) is 17.0 Å². The molecule has 0 spiro atoms. The average Bonchev–Trinajstić information content (AvgIpc) is 3.39. The van der Waals surface area contributed by atoms with Gasteiger partial charge in [-0.15, -0.1) is 6.58 Å². The summed E-state index contributed by atoms with van der Waals surface area (Å²) >= 11 is 0. The van der Waals surface area contributed by atoms with Gasteiger partial charge < -0.3 is 20.2 Å². The van der Waals surface area contributed by atoms with Crippen molar-refractivity contribution in [1.82, 2.24) is 15.3 Å². The number of benzene rings is 1. The van der Waals surface area contributed by atoms with Gasteiger partial charge in [-0.1, -0.05) is 25.3 Å². The molecule has 220 valence electrons. The molecule has 0 bridgehead atoms. The summed E-state index contributed by atoms with van der Waals surface area (Å²) in [6.07, 6.45) is 3.77. The molecule has 3 N–H and O–H groups in total. The molecule has 42 heavy (non-hydrogen) atoms. The van der Waals surface area contributed by atoms with Crippen LogP contribution in [0.2, 0.25) is 0 Å². The smallest absolute Gasteiger partial charge is 0.433 e. The highest BCUT2D eigenvalue weighted by Gasteiger charge is 2.34. The van der Waals surface area contributed by atoms with Crippen LogP contribution in [-0.2, 0) is 6.18 Å². The van der Waals surface area contributed by atoms with Crippen LogP contribution in [0.4, 0.5) is 13.2 Å². The number of pyridine rings is 1. The number of nitrogens with zero attached hydrogens (tertiary/aromatic N) is 3. The van der Waals surface area contributed by atoms with Crippen LogP contribution in [0.3, 0.4) is 0 Å². The minimum absolute atomic E-state index is 0.00125. The van der Waals surface area contributed by atoms with Crippen LogP contribution < -0.4 is 15.8 Å². The molecule has 11 heteroatoms. The van der Waals surface area contributed by atoms with Gasteiger partial charge in [-0.05, 0) is 67.5 Å². The SMILES string of the molecule is C=C[C@H](N)c1oc(-c2ccc(OC)c3nc(C(F)(F)F)ccc23)nc1C(=O)NCC1CC(C(=C)C(=C)N=C/C=C\C)C1. The number of carbonyl (C=O) groups excluding carboxylic acids is 1. The monoisotopic (exact) mass is 579 g/mol. The fourth-order valence-electron chi connectivity index (χ4n) is 4.69. The molecule has 1 aliphatic carbocycles. The van der Waals surface area contributed by atoms with Gasteiger partial charge in [-0.2, -0.15) is 13.2 Å². The second-order valence-corrected chi connectivity index (χ2v) is 9.92. The summed E-state index contributed by atoms with van der Waals surface area (Å²) < 4.78 is 51.2. The molecule has 1 fully saturated rings. The molecule has 1 saturated carbocycles. The van der Waals surface area contributed by atoms with Crippen molar-refractivity contribution in [3.8, 4) is 17.2 Å². The maximum Gasteiger partial charge on any atom is 0.433 e. The average molecular weight is 580 g/mol. The van der Waals surface area contributed by atoms with Gasteiger partial charge in [-0.3, -0.25) is 9.79 Å². The molecule has 2 aromatic heterocycles. The number of nitrogens with one attached hydrogen (secondary N) is 1. The molecule has 0 saturated heterocycles. The number of halogens is 3. The summed E-state index contributed by atoms with van der Waals surface area (Å²) in [6.45, 7) is 14.1. The van der Waals surface area contributed by atoms with Crippen LogP contribution in [0.25, 0.3) is 22.4 Å². The Morgan fingerprint density at radius 2 is 2.00 bits per heavy atom. The molecule has 4 rings (SSSR count). The molecule has 2 heterocycles. The van der Waals surface area contributed by atoms with E-state index in [1.165, 1.54) is 25.3 Å². The maximum absolute atomic E-state index is 13.3. The maximum atomic E-state index is 13.3. The van der Waals surface area contributed by atoms with Crippen molar-refractivity contribution >= 4 is 23.0 Å². The third-order valence-corrected chi connectivity index (χ3v) is 7.15. The van der Waals surface area contributed by atoms with Crippen LogP contribution in [0.5, 0.6) is 5.75 Å². The predicted molar refractivity (Wildman–Crippen MR) is 156 cm³/mol. The highest BCUT2D eigenvalue weighted by molar-refractivity contribution is 5.98. The minimum atomic E-state index is -4.64. The molecule has 0 radical (unpaired) electrons. The summed E-state index contributed by atoms with van der Waals surface area (Å²) in [5, 5.41) is 3.19. The van der Waals surface area contributed by atoms with Crippen LogP contribution in [-0.4, -0.2) is 35.7 Å². The van der Waals surface area contributed by atoms with Crippen molar-refractivity contribution in [2.45, 2.75) is 32.0 Å². The highest BCUT2D eigenvalue weighted by Crippen LogP contribution is 2.41. The number of aromatic nitrogens is 2. The van der Waals surface area contributed by atoms with Gasteiger partial charge in [-0.25, -0.2) is 9.97 Å². The Kier molecular flexibility index (Phi) is 9.11. The zero-order valence-electron chi connectivity index (χ0n) is 23.4. The fraction of sp³-hybridized carbons (Fsp3) is 0.290. The molecule has 0 unspecified atom stereocenters. The molecule has 3 aromatic rings. The van der Waals surface area contributed by atoms with Gasteiger partial charge in [0.05, 0.1) is 18.8 Å². The number of nitrogens with two attached hydrogens (primary N) is 1. The predicted octanol–water partition coefficient (Wildman–Crippen LogP) is 6.58. The zero-order chi connectivity index (χ0) is 30.6. The second kappa shape index (κ2) is 12.6. The number of fused-ring (bicyclic) bond motifs is 1. The lowest BCUT2D eigenvalue weighted by Gasteiger charge is -2.36. The van der Waals surface area contributed by atoms with E-state index in [4.69, 9.17) is 14.9 Å². The number of carbonyl (C=O) groups is 1. The number of methoxy groups -OCH3 is 1. The van der Waals surface area contributed by atoms with Crippen molar-refractivity contribution in [2.75, 3.05) is 13.7 Å². The molecular formula is C31H32F3N5O3. The van der Waals surface area contributed by atoms with Gasteiger partial charge in [0.25, 0.3) is 5.91 Å². The quantitative estimate of drug-likeness (QED) is 0.151. The third kappa shape index (κ3) is 6.36. The van der Waals surface area contributed by atoms with Gasteiger partial charge >= 0.3 is 6.18 Å². The number of ether oxygens (including phenoxy) is 1. The van der Waals surface area contributed by atoms with Crippen molar-refractivity contribution in [1.29, 1.82) is 0 Å². The van der Waals surface area contributed by atoms with E-state index in [2.05, 4.69) is 40.0 Å². The van der Waals surface area contributed by atoms with Gasteiger partial charge in [0.15, 0.2) is 11.5 Å². The first-order valence-electron chi connectivity index (χ1n) is 13.2. The molecular weight excluding hydrogens is 547 g/mol. The van der Waals surface area contributed by atoms with E-state index in [9.17, 15) is 18.0 Å². The van der Waals surface area contributed by atoms with E-state index >= 15 is 0 Å². The first-order chi connectivity index (χ1) is 20.0. The number of allylic oxidation sites excluding steroid dienone is 3. The number of hydrogen-bond donors (Lipinski definition) is 2. The molecule has 1 aromatic carbocycles. The number of amides is 1. The Hall–Kier alpha value is -4.51. The summed E-state index contributed by atoms with van der Waals surface area (Å²) in [6, 6.07) is 4.31. The number of oxazole rings is 1.